The van der Waals surface area contributed by atoms with E-state index in [1.165, 1.54) is 5.56 Å². The first-order chi connectivity index (χ1) is 6.15. The minimum absolute atomic E-state index is 0.798. The van der Waals surface area contributed by atoms with Crippen LogP contribution in [0.15, 0.2) is 18.8 Å². The smallest absolute Gasteiger partial charge is 0.0650 e. The summed E-state index contributed by atoms with van der Waals surface area (Å²) in [5.41, 5.74) is 2.17. The van der Waals surface area contributed by atoms with E-state index in [-0.39, 0.29) is 0 Å². The molecule has 0 aromatic carbocycles. The summed E-state index contributed by atoms with van der Waals surface area (Å²) in [6.45, 7) is 11.5. The number of aryl methyl sites for hydroxylation is 2. The zero-order valence-electron chi connectivity index (χ0n) is 8.09. The monoisotopic (exact) mass is 174 g/mol. The van der Waals surface area contributed by atoms with Gasteiger partial charge in [-0.05, 0) is 31.7 Å². The Bertz CT molecular complexity index is 418. The fourth-order valence-electron chi connectivity index (χ4n) is 1.26. The van der Waals surface area contributed by atoms with Crippen LogP contribution in [0.2, 0.25) is 0 Å². The minimum Gasteiger partial charge on any atom is -0.368 e. The molecule has 1 heterocycles. The quantitative estimate of drug-likeness (QED) is 0.709. The van der Waals surface area contributed by atoms with E-state index >= 15 is 0 Å². The van der Waals surface area contributed by atoms with Crippen LogP contribution in [0.5, 0.6) is 0 Å². The zero-order chi connectivity index (χ0) is 9.84. The van der Waals surface area contributed by atoms with Crippen LogP contribution in [0.1, 0.15) is 11.3 Å². The van der Waals surface area contributed by atoms with Crippen molar-refractivity contribution in [2.24, 2.45) is 0 Å². The Morgan fingerprint density at radius 1 is 1.46 bits per heavy atom. The molecule has 2 nitrogen and oxygen atoms in total. The second-order valence-electron chi connectivity index (χ2n) is 2.96. The Hall–Kier alpha value is -1.57. The maximum atomic E-state index is 4.27. The molecule has 68 valence electrons. The van der Waals surface area contributed by atoms with E-state index in [2.05, 4.69) is 23.5 Å². The molecule has 0 amide bonds. The first-order valence-electron chi connectivity index (χ1n) is 4.15. The molecule has 1 aromatic heterocycles. The van der Waals surface area contributed by atoms with Gasteiger partial charge in [-0.2, -0.15) is 0 Å². The molecule has 1 rings (SSSR count). The number of hydrogen-bond donors (Lipinski definition) is 1. The molecular formula is C11H14N2. The highest BCUT2D eigenvalue weighted by Crippen LogP contribution is 1.88. The molecule has 0 aliphatic carbocycles. The van der Waals surface area contributed by atoms with Crippen LogP contribution >= 0.6 is 0 Å². The number of hydrogen-bond acceptors (Lipinski definition) is 2. The summed E-state index contributed by atoms with van der Waals surface area (Å²) in [5, 5.41) is 4.76. The van der Waals surface area contributed by atoms with Gasteiger partial charge in [0.2, 0.25) is 0 Å². The highest BCUT2D eigenvalue weighted by Gasteiger charge is 1.92. The summed E-state index contributed by atoms with van der Waals surface area (Å²) < 4.78 is 0. The van der Waals surface area contributed by atoms with Crippen molar-refractivity contribution in [3.8, 4) is 0 Å². The molecule has 0 fully saturated rings. The molecule has 0 spiro atoms. The Morgan fingerprint density at radius 2 is 2.15 bits per heavy atom. The van der Waals surface area contributed by atoms with Crippen LogP contribution in [0, 0.1) is 13.8 Å². The van der Waals surface area contributed by atoms with Crippen LogP contribution in [0.25, 0.3) is 12.8 Å². The van der Waals surface area contributed by atoms with Gasteiger partial charge in [-0.1, -0.05) is 13.2 Å². The molecule has 13 heavy (non-hydrogen) atoms. The molecule has 0 aliphatic heterocycles. The van der Waals surface area contributed by atoms with Gasteiger partial charge in [-0.3, -0.25) is 4.98 Å². The average molecular weight is 174 g/mol. The molecule has 0 bridgehead atoms. The van der Waals surface area contributed by atoms with Crippen LogP contribution in [-0.2, 0) is 0 Å². The number of aromatic nitrogens is 1. The lowest BCUT2D eigenvalue weighted by Crippen LogP contribution is -2.31. The van der Waals surface area contributed by atoms with E-state index in [4.69, 9.17) is 0 Å². The highest BCUT2D eigenvalue weighted by atomic mass is 14.8. The van der Waals surface area contributed by atoms with Crippen molar-refractivity contribution >= 4 is 12.8 Å². The molecule has 1 N–H and O–H groups in total. The standard InChI is InChI=1S/C11H14N2/c1-5-12-7-11-8(2)6-9(3)13-10(11)4/h5-7,12H,1,4H2,2-3H3. The van der Waals surface area contributed by atoms with Gasteiger partial charge in [0, 0.05) is 17.1 Å². The van der Waals surface area contributed by atoms with E-state index in [1.807, 2.05) is 26.1 Å². The van der Waals surface area contributed by atoms with Crippen molar-refractivity contribution in [2.75, 3.05) is 0 Å². The van der Waals surface area contributed by atoms with Crippen molar-refractivity contribution in [3.05, 3.63) is 40.7 Å². The molecule has 0 aliphatic rings. The summed E-state index contributed by atoms with van der Waals surface area (Å²) in [5.74, 6) is 0. The van der Waals surface area contributed by atoms with Crippen molar-refractivity contribution in [1.29, 1.82) is 0 Å². The normalized spacial score (nSPS) is 11.4. The molecular weight excluding hydrogens is 160 g/mol. The molecule has 0 unspecified atom stereocenters. The van der Waals surface area contributed by atoms with Crippen LogP contribution in [0.4, 0.5) is 0 Å². The van der Waals surface area contributed by atoms with Crippen molar-refractivity contribution < 1.29 is 0 Å². The molecule has 0 saturated carbocycles. The fraction of sp³-hybridized carbons (Fsp3) is 0.182. The summed E-state index contributed by atoms with van der Waals surface area (Å²) in [6, 6.07) is 2.03. The largest absolute Gasteiger partial charge is 0.368 e. The molecule has 0 saturated heterocycles. The maximum absolute atomic E-state index is 4.27. The maximum Gasteiger partial charge on any atom is 0.0650 e. The van der Waals surface area contributed by atoms with Crippen molar-refractivity contribution in [1.82, 2.24) is 10.3 Å². The Kier molecular flexibility index (Phi) is 2.85. The second kappa shape index (κ2) is 3.90. The number of nitrogens with one attached hydrogen (secondary N) is 1. The summed E-state index contributed by atoms with van der Waals surface area (Å²) in [7, 11) is 0. The molecule has 2 heteroatoms. The summed E-state index contributed by atoms with van der Waals surface area (Å²) >= 11 is 0. The molecule has 1 aromatic rings. The van der Waals surface area contributed by atoms with Gasteiger partial charge in [-0.25, -0.2) is 0 Å². The average Bonchev–Trinajstić information content (AvgIpc) is 2.02. The van der Waals surface area contributed by atoms with Crippen molar-refractivity contribution in [2.45, 2.75) is 13.8 Å². The predicted octanol–water partition coefficient (Wildman–Crippen LogP) is 0.580. The first-order valence-corrected chi connectivity index (χ1v) is 4.15. The Morgan fingerprint density at radius 3 is 2.69 bits per heavy atom. The third-order valence-corrected chi connectivity index (χ3v) is 1.82. The van der Waals surface area contributed by atoms with E-state index in [1.54, 1.807) is 6.20 Å². The number of pyridine rings is 1. The van der Waals surface area contributed by atoms with Crippen LogP contribution < -0.4 is 15.9 Å². The van der Waals surface area contributed by atoms with Gasteiger partial charge in [0.1, 0.15) is 0 Å². The Balaban J connectivity index is 3.37. The van der Waals surface area contributed by atoms with E-state index < -0.39 is 0 Å². The lowest BCUT2D eigenvalue weighted by molar-refractivity contribution is 1.10. The third-order valence-electron chi connectivity index (χ3n) is 1.82. The second-order valence-corrected chi connectivity index (χ2v) is 2.96. The van der Waals surface area contributed by atoms with Crippen molar-refractivity contribution in [3.63, 3.8) is 0 Å². The van der Waals surface area contributed by atoms with Gasteiger partial charge in [0.05, 0.1) is 5.35 Å². The Labute approximate surface area is 78.3 Å². The van der Waals surface area contributed by atoms with Gasteiger partial charge in [0.15, 0.2) is 0 Å². The minimum atomic E-state index is 0.798. The topological polar surface area (TPSA) is 24.9 Å². The highest BCUT2D eigenvalue weighted by molar-refractivity contribution is 5.30. The first kappa shape index (κ1) is 9.52. The molecule has 0 atom stereocenters. The third kappa shape index (κ3) is 2.18. The number of nitrogens with zero attached hydrogens (tertiary/aromatic N) is 1. The van der Waals surface area contributed by atoms with E-state index in [9.17, 15) is 0 Å². The van der Waals surface area contributed by atoms with Crippen LogP contribution in [0.3, 0.4) is 0 Å². The van der Waals surface area contributed by atoms with Gasteiger partial charge >= 0.3 is 0 Å². The van der Waals surface area contributed by atoms with Gasteiger partial charge in [-0.15, -0.1) is 0 Å². The SMILES string of the molecule is C=CNC=c1c(C)cc(C)nc1=C. The summed E-state index contributed by atoms with van der Waals surface area (Å²) in [4.78, 5) is 4.27. The van der Waals surface area contributed by atoms with Gasteiger partial charge < -0.3 is 5.32 Å². The van der Waals surface area contributed by atoms with Gasteiger partial charge in [0.25, 0.3) is 0 Å². The predicted molar refractivity (Wildman–Crippen MR) is 56.3 cm³/mol. The fourth-order valence-corrected chi connectivity index (χ4v) is 1.26. The van der Waals surface area contributed by atoms with E-state index in [0.717, 1.165) is 16.3 Å². The lowest BCUT2D eigenvalue weighted by atomic mass is 10.2. The summed E-state index contributed by atoms with van der Waals surface area (Å²) in [6.07, 6.45) is 3.48. The number of rotatable bonds is 2. The lowest BCUT2D eigenvalue weighted by Gasteiger charge is -1.98. The van der Waals surface area contributed by atoms with Crippen LogP contribution in [-0.4, -0.2) is 4.98 Å². The zero-order valence-corrected chi connectivity index (χ0v) is 8.09. The van der Waals surface area contributed by atoms with E-state index in [0.29, 0.717) is 0 Å². The molecule has 0 radical (unpaired) electrons.